The van der Waals surface area contributed by atoms with Gasteiger partial charge in [0.05, 0.1) is 0 Å². The smallest absolute Gasteiger partial charge is 1.00 e. The second-order valence-corrected chi connectivity index (χ2v) is 0. The number of nitrogens with zero attached hydrogens (tertiary/aromatic N) is 1. The molecule has 0 saturated carbocycles. The Kier molecular flexibility index (Phi) is 282. The number of hydrogen-bond acceptors (Lipinski definition) is 1. The van der Waals surface area contributed by atoms with Crippen LogP contribution in [0.15, 0.2) is 0 Å². The molecule has 0 bridgehead atoms. The van der Waals surface area contributed by atoms with E-state index in [1.54, 1.807) is 0 Å². The Balaban J connectivity index is -0.000000000833. The quantitative estimate of drug-likeness (QED) is 0.227. The fourth-order valence-electron chi connectivity index (χ4n) is 0. The Morgan fingerprint density at radius 1 is 1.40 bits per heavy atom. The van der Waals surface area contributed by atoms with Crippen LogP contribution in [0.25, 0.3) is 0 Å². The van der Waals surface area contributed by atoms with Gasteiger partial charge in [-0.25, -0.2) is 0 Å². The molecule has 0 aromatic heterocycles. The van der Waals surface area contributed by atoms with Crippen LogP contribution in [-0.2, 0) is 17.1 Å². The molecule has 0 fully saturated rings. The van der Waals surface area contributed by atoms with Crippen molar-refractivity contribution in [1.29, 1.82) is 5.26 Å². The Labute approximate surface area is 77.9 Å². The molecule has 0 saturated heterocycles. The van der Waals surface area contributed by atoms with Crippen molar-refractivity contribution in [2.24, 2.45) is 0 Å². The summed E-state index contributed by atoms with van der Waals surface area (Å²) in [6, 6.07) is 0. The third-order valence-electron chi connectivity index (χ3n) is 0. The van der Waals surface area contributed by atoms with E-state index in [2.05, 4.69) is 0 Å². The van der Waals surface area contributed by atoms with Gasteiger partial charge in [-0.15, -0.1) is 0 Å². The molecule has 0 aliphatic rings. The molecular formula is CHFeLiNNa. The van der Waals surface area contributed by atoms with Crippen molar-refractivity contribution in [2.45, 2.75) is 0 Å². The summed E-state index contributed by atoms with van der Waals surface area (Å²) in [5.74, 6) is 0. The van der Waals surface area contributed by atoms with Crippen LogP contribution in [0.3, 0.4) is 0 Å². The molecule has 0 aromatic carbocycles. The van der Waals surface area contributed by atoms with Crippen LogP contribution in [0.2, 0.25) is 0 Å². The summed E-state index contributed by atoms with van der Waals surface area (Å²) >= 11 is 0. The van der Waals surface area contributed by atoms with E-state index < -0.39 is 0 Å². The molecule has 0 atom stereocenters. The zero-order chi connectivity index (χ0) is 2.00. The summed E-state index contributed by atoms with van der Waals surface area (Å²) < 4.78 is 0. The molecule has 1 nitrogen and oxygen atoms in total. The normalized spacial score (nSPS) is 0.400. The van der Waals surface area contributed by atoms with Crippen molar-refractivity contribution >= 4 is 0 Å². The van der Waals surface area contributed by atoms with E-state index in [0.29, 0.717) is 0 Å². The fourth-order valence-corrected chi connectivity index (χ4v) is 0. The number of rotatable bonds is 0. The van der Waals surface area contributed by atoms with Gasteiger partial charge in [0.15, 0.2) is 0 Å². The van der Waals surface area contributed by atoms with Gasteiger partial charge in [-0.3, -0.25) is 0 Å². The minimum Gasteiger partial charge on any atom is -1.00 e. The van der Waals surface area contributed by atoms with Crippen LogP contribution in [0.5, 0.6) is 0 Å². The Morgan fingerprint density at radius 2 is 1.40 bits per heavy atom. The van der Waals surface area contributed by atoms with E-state index in [0.717, 1.165) is 0 Å². The van der Waals surface area contributed by atoms with Crippen LogP contribution < -0.4 is 48.4 Å². The molecule has 20 valence electrons. The Bertz CT molecular complexity index is 20.3. The van der Waals surface area contributed by atoms with Gasteiger partial charge in [-0.05, 0) is 0 Å². The van der Waals surface area contributed by atoms with Crippen molar-refractivity contribution in [3.8, 4) is 0 Å². The first-order valence-corrected chi connectivity index (χ1v) is 0.224. The standard InChI is InChI=1S/CN.Fe.Li.Na.H/c1-2;;;;/q-1;;2*+1;-1. The second-order valence-electron chi connectivity index (χ2n) is 0. The molecule has 0 aliphatic heterocycles. The summed E-state index contributed by atoms with van der Waals surface area (Å²) in [6.45, 7) is 4.75. The van der Waals surface area contributed by atoms with E-state index in [9.17, 15) is 0 Å². The molecular weight excluding hydrogens is 112 g/mol. The van der Waals surface area contributed by atoms with Crippen molar-refractivity contribution in [3.05, 3.63) is 6.57 Å². The first kappa shape index (κ1) is 30.6. The zero-order valence-electron chi connectivity index (χ0n) is 4.30. The molecule has 0 heterocycles. The van der Waals surface area contributed by atoms with Gasteiger partial charge >= 0.3 is 48.4 Å². The van der Waals surface area contributed by atoms with Gasteiger partial charge in [0.1, 0.15) is 0 Å². The van der Waals surface area contributed by atoms with E-state index in [-0.39, 0.29) is 66.9 Å². The molecule has 0 unspecified atom stereocenters. The predicted octanol–water partition coefficient (Wildman–Crippen LogP) is -5.79. The van der Waals surface area contributed by atoms with Crippen molar-refractivity contribution in [1.82, 2.24) is 0 Å². The molecule has 0 aromatic rings. The molecule has 0 rings (SSSR count). The topological polar surface area (TPSA) is 23.8 Å². The van der Waals surface area contributed by atoms with Gasteiger partial charge in [-0.1, -0.05) is 0 Å². The minimum atomic E-state index is 0. The summed E-state index contributed by atoms with van der Waals surface area (Å²) in [6.07, 6.45) is 0. The van der Waals surface area contributed by atoms with Crippen LogP contribution in [0, 0.1) is 11.8 Å². The molecule has 0 N–H and O–H groups in total. The van der Waals surface area contributed by atoms with E-state index in [1.165, 1.54) is 0 Å². The van der Waals surface area contributed by atoms with Crippen LogP contribution in [-0.4, -0.2) is 0 Å². The van der Waals surface area contributed by atoms with Crippen LogP contribution in [0.1, 0.15) is 1.43 Å². The monoisotopic (exact) mass is 113 g/mol. The molecule has 0 spiro atoms. The summed E-state index contributed by atoms with van der Waals surface area (Å²) in [7, 11) is 0. The van der Waals surface area contributed by atoms with Crippen molar-refractivity contribution < 1.29 is 66.9 Å². The largest absolute Gasteiger partial charge is 1.00 e. The fraction of sp³-hybridized carbons (Fsp3) is 0. The molecule has 4 heteroatoms. The summed E-state index contributed by atoms with van der Waals surface area (Å²) in [5, 5.41) is 6.25. The molecule has 0 aliphatic carbocycles. The van der Waals surface area contributed by atoms with Crippen LogP contribution >= 0.6 is 0 Å². The molecule has 0 amide bonds. The maximum absolute atomic E-state index is 6.25. The van der Waals surface area contributed by atoms with Gasteiger partial charge in [0.2, 0.25) is 0 Å². The van der Waals surface area contributed by atoms with E-state index >= 15 is 0 Å². The van der Waals surface area contributed by atoms with Crippen molar-refractivity contribution in [2.75, 3.05) is 0 Å². The second kappa shape index (κ2) is 46.1. The van der Waals surface area contributed by atoms with Gasteiger partial charge in [0, 0.05) is 17.1 Å². The van der Waals surface area contributed by atoms with E-state index in [4.69, 9.17) is 11.8 Å². The Morgan fingerprint density at radius 3 is 1.40 bits per heavy atom. The average molecular weight is 113 g/mol. The number of hydrogen-bond donors (Lipinski definition) is 0. The van der Waals surface area contributed by atoms with Crippen molar-refractivity contribution in [3.63, 3.8) is 0 Å². The first-order chi connectivity index (χ1) is 1.00. The third kappa shape index (κ3) is 28.2. The van der Waals surface area contributed by atoms with E-state index in [1.807, 2.05) is 0 Å². The SMILES string of the molecule is [C-]#N.[Fe].[H-].[Li+].[Na+]. The third-order valence-corrected chi connectivity index (χ3v) is 0. The zero-order valence-corrected chi connectivity index (χ0v) is 6.40. The summed E-state index contributed by atoms with van der Waals surface area (Å²) in [4.78, 5) is 0. The molecule has 0 radical (unpaired) electrons. The average Bonchev–Trinajstić information content (AvgIpc) is 1.00. The maximum Gasteiger partial charge on any atom is 1.00 e. The molecule has 5 heavy (non-hydrogen) atoms. The maximum atomic E-state index is 6.25. The summed E-state index contributed by atoms with van der Waals surface area (Å²) in [5.41, 5.74) is 0. The predicted molar refractivity (Wildman–Crippen MR) is 6.08 cm³/mol. The first-order valence-electron chi connectivity index (χ1n) is 0.224. The Hall–Kier alpha value is 1.61. The van der Waals surface area contributed by atoms with Gasteiger partial charge in [0.25, 0.3) is 0 Å². The van der Waals surface area contributed by atoms with Crippen LogP contribution in [0.4, 0.5) is 0 Å². The van der Waals surface area contributed by atoms with Gasteiger partial charge in [-0.2, -0.15) is 0 Å². The van der Waals surface area contributed by atoms with Gasteiger partial charge < -0.3 is 13.3 Å². The minimum absolute atomic E-state index is 0.